The van der Waals surface area contributed by atoms with Crippen molar-refractivity contribution in [3.8, 4) is 0 Å². The minimum absolute atomic E-state index is 0.0960. The Kier molecular flexibility index (Phi) is 2.95. The number of aryl methyl sites for hydroxylation is 1. The summed E-state index contributed by atoms with van der Waals surface area (Å²) < 4.78 is 5.45. The van der Waals surface area contributed by atoms with Gasteiger partial charge in [0.1, 0.15) is 11.1 Å². The summed E-state index contributed by atoms with van der Waals surface area (Å²) >= 11 is 0. The van der Waals surface area contributed by atoms with Crippen molar-refractivity contribution in [2.24, 2.45) is 0 Å². The first kappa shape index (κ1) is 15.0. The van der Waals surface area contributed by atoms with Gasteiger partial charge in [-0.1, -0.05) is 6.08 Å². The lowest BCUT2D eigenvalue weighted by molar-refractivity contribution is 0.0692. The average molecular weight is 325 g/mol. The second kappa shape index (κ2) is 4.72. The standard InChI is InChI=1S/C19H19NO4/c1-10-9-19(2,3)20-6-4-5-12-15(20)13(10)7-11-8-14(17(21)22)18(23)24-16(11)12/h7-9H,4-6H2,1-3H3,(H,21,22). The Labute approximate surface area is 139 Å². The molecule has 0 amide bonds. The van der Waals surface area contributed by atoms with Crippen molar-refractivity contribution in [2.75, 3.05) is 11.4 Å². The molecule has 0 saturated heterocycles. The van der Waals surface area contributed by atoms with E-state index in [9.17, 15) is 14.7 Å². The van der Waals surface area contributed by atoms with Gasteiger partial charge in [-0.2, -0.15) is 0 Å². The molecule has 4 rings (SSSR count). The van der Waals surface area contributed by atoms with Gasteiger partial charge in [-0.05, 0) is 51.3 Å². The van der Waals surface area contributed by atoms with E-state index in [0.717, 1.165) is 36.2 Å². The Balaban J connectivity index is 2.12. The molecule has 0 unspecified atom stereocenters. The van der Waals surface area contributed by atoms with Crippen LogP contribution < -0.4 is 10.5 Å². The summed E-state index contributed by atoms with van der Waals surface area (Å²) in [4.78, 5) is 25.6. The summed E-state index contributed by atoms with van der Waals surface area (Å²) in [5, 5.41) is 9.86. The van der Waals surface area contributed by atoms with Gasteiger partial charge in [0, 0.05) is 23.1 Å². The van der Waals surface area contributed by atoms with Gasteiger partial charge < -0.3 is 14.4 Å². The number of aromatic carboxylic acids is 1. The van der Waals surface area contributed by atoms with Crippen LogP contribution in [0.25, 0.3) is 16.5 Å². The molecular formula is C19H19NO4. The molecule has 0 fully saturated rings. The Morgan fingerprint density at radius 1 is 1.33 bits per heavy atom. The molecule has 124 valence electrons. The number of benzene rings is 1. The zero-order valence-corrected chi connectivity index (χ0v) is 14.0. The van der Waals surface area contributed by atoms with Crippen LogP contribution in [-0.2, 0) is 6.42 Å². The van der Waals surface area contributed by atoms with E-state index in [4.69, 9.17) is 4.42 Å². The number of carboxylic acid groups (broad SMARTS) is 1. The van der Waals surface area contributed by atoms with Crippen molar-refractivity contribution in [1.82, 2.24) is 0 Å². The Bertz CT molecular complexity index is 981. The van der Waals surface area contributed by atoms with Crippen molar-refractivity contribution in [1.29, 1.82) is 0 Å². The summed E-state index contributed by atoms with van der Waals surface area (Å²) in [6.45, 7) is 7.40. The van der Waals surface area contributed by atoms with Gasteiger partial charge in [-0.25, -0.2) is 9.59 Å². The third kappa shape index (κ3) is 1.94. The summed E-state index contributed by atoms with van der Waals surface area (Å²) in [6, 6.07) is 3.38. The maximum absolute atomic E-state index is 12.0. The first-order valence-corrected chi connectivity index (χ1v) is 8.14. The molecule has 24 heavy (non-hydrogen) atoms. The highest BCUT2D eigenvalue weighted by atomic mass is 16.4. The quantitative estimate of drug-likeness (QED) is 0.813. The number of hydrogen-bond acceptors (Lipinski definition) is 4. The lowest BCUT2D eigenvalue weighted by atomic mass is 9.83. The summed E-state index contributed by atoms with van der Waals surface area (Å²) in [6.07, 6.45) is 4.05. The largest absolute Gasteiger partial charge is 0.477 e. The third-order valence-corrected chi connectivity index (χ3v) is 5.09. The van der Waals surface area contributed by atoms with E-state index in [1.165, 1.54) is 11.6 Å². The van der Waals surface area contributed by atoms with E-state index >= 15 is 0 Å². The zero-order valence-electron chi connectivity index (χ0n) is 14.0. The minimum atomic E-state index is -1.26. The number of fused-ring (bicyclic) bond motifs is 2. The number of carbonyl (C=O) groups is 1. The van der Waals surface area contributed by atoms with Gasteiger partial charge in [0.15, 0.2) is 0 Å². The molecule has 0 radical (unpaired) electrons. The molecule has 3 heterocycles. The first-order chi connectivity index (χ1) is 11.3. The van der Waals surface area contributed by atoms with Crippen LogP contribution in [0.15, 0.2) is 27.4 Å². The maximum atomic E-state index is 12.0. The third-order valence-electron chi connectivity index (χ3n) is 5.09. The summed E-state index contributed by atoms with van der Waals surface area (Å²) in [5.41, 5.74) is 3.74. The van der Waals surface area contributed by atoms with Gasteiger partial charge in [0.2, 0.25) is 0 Å². The second-order valence-corrected chi connectivity index (χ2v) is 7.16. The molecule has 2 aliphatic rings. The fraction of sp³-hybridized carbons (Fsp3) is 0.368. The number of rotatable bonds is 1. The zero-order chi connectivity index (χ0) is 17.2. The fourth-order valence-electron chi connectivity index (χ4n) is 4.10. The molecule has 0 saturated carbocycles. The van der Waals surface area contributed by atoms with Crippen LogP contribution in [0.5, 0.6) is 0 Å². The molecular weight excluding hydrogens is 306 g/mol. The predicted octanol–water partition coefficient (Wildman–Crippen LogP) is 3.44. The summed E-state index contributed by atoms with van der Waals surface area (Å²) in [7, 11) is 0. The Hall–Kier alpha value is -2.56. The van der Waals surface area contributed by atoms with Gasteiger partial charge in [-0.3, -0.25) is 0 Å². The molecule has 1 aromatic carbocycles. The predicted molar refractivity (Wildman–Crippen MR) is 92.8 cm³/mol. The topological polar surface area (TPSA) is 70.8 Å². The van der Waals surface area contributed by atoms with Crippen molar-refractivity contribution >= 4 is 28.2 Å². The fourth-order valence-corrected chi connectivity index (χ4v) is 4.10. The number of carboxylic acids is 1. The van der Waals surface area contributed by atoms with Crippen molar-refractivity contribution in [2.45, 2.75) is 39.2 Å². The highest BCUT2D eigenvalue weighted by Gasteiger charge is 2.36. The molecule has 0 aliphatic carbocycles. The van der Waals surface area contributed by atoms with Crippen LogP contribution in [0.4, 0.5) is 5.69 Å². The van der Waals surface area contributed by atoms with Crippen LogP contribution in [-0.4, -0.2) is 23.2 Å². The van der Waals surface area contributed by atoms with E-state index in [0.29, 0.717) is 11.0 Å². The average Bonchev–Trinajstić information content (AvgIpc) is 2.51. The van der Waals surface area contributed by atoms with Crippen LogP contribution in [0.3, 0.4) is 0 Å². The van der Waals surface area contributed by atoms with Crippen molar-refractivity contribution in [3.05, 3.63) is 45.3 Å². The lowest BCUT2D eigenvalue weighted by Crippen LogP contribution is -2.47. The van der Waals surface area contributed by atoms with E-state index in [1.54, 1.807) is 0 Å². The van der Waals surface area contributed by atoms with E-state index in [2.05, 4.69) is 31.7 Å². The molecule has 5 heteroatoms. The van der Waals surface area contributed by atoms with Gasteiger partial charge >= 0.3 is 11.6 Å². The first-order valence-electron chi connectivity index (χ1n) is 8.14. The van der Waals surface area contributed by atoms with Gasteiger partial charge in [0.05, 0.1) is 11.2 Å². The normalized spacial score (nSPS) is 18.3. The molecule has 2 aromatic rings. The molecule has 1 aromatic heterocycles. The van der Waals surface area contributed by atoms with Crippen molar-refractivity contribution in [3.63, 3.8) is 0 Å². The minimum Gasteiger partial charge on any atom is -0.477 e. The van der Waals surface area contributed by atoms with Gasteiger partial charge in [-0.15, -0.1) is 0 Å². The Morgan fingerprint density at radius 3 is 2.79 bits per heavy atom. The molecule has 5 nitrogen and oxygen atoms in total. The van der Waals surface area contributed by atoms with E-state index in [-0.39, 0.29) is 11.1 Å². The lowest BCUT2D eigenvalue weighted by Gasteiger charge is -2.46. The smallest absolute Gasteiger partial charge is 0.351 e. The van der Waals surface area contributed by atoms with Crippen LogP contribution in [0.1, 0.15) is 48.7 Å². The van der Waals surface area contributed by atoms with Gasteiger partial charge in [0.25, 0.3) is 0 Å². The van der Waals surface area contributed by atoms with E-state index in [1.807, 2.05) is 6.07 Å². The molecule has 0 spiro atoms. The van der Waals surface area contributed by atoms with E-state index < -0.39 is 11.6 Å². The van der Waals surface area contributed by atoms with Crippen LogP contribution in [0.2, 0.25) is 0 Å². The van der Waals surface area contributed by atoms with Crippen molar-refractivity contribution < 1.29 is 14.3 Å². The maximum Gasteiger partial charge on any atom is 0.351 e. The molecule has 0 bridgehead atoms. The highest BCUT2D eigenvalue weighted by Crippen LogP contribution is 2.46. The van der Waals surface area contributed by atoms with Crippen LogP contribution >= 0.6 is 0 Å². The monoisotopic (exact) mass is 325 g/mol. The molecule has 0 atom stereocenters. The number of allylic oxidation sites excluding steroid dienone is 1. The SMILES string of the molecule is CC1=CC(C)(C)N2CCCc3c2c1cc1cc(C(=O)O)c(=O)oc31. The Morgan fingerprint density at radius 2 is 2.08 bits per heavy atom. The number of anilines is 1. The van der Waals surface area contributed by atoms with Crippen LogP contribution in [0, 0.1) is 0 Å². The highest BCUT2D eigenvalue weighted by molar-refractivity contribution is 5.98. The number of nitrogens with zero attached hydrogens (tertiary/aromatic N) is 1. The summed E-state index contributed by atoms with van der Waals surface area (Å²) in [5.74, 6) is -1.26. The second-order valence-electron chi connectivity index (χ2n) is 7.16. The number of hydrogen-bond donors (Lipinski definition) is 1. The molecule has 2 aliphatic heterocycles. The molecule has 1 N–H and O–H groups in total.